The van der Waals surface area contributed by atoms with Gasteiger partial charge >= 0.3 is 6.01 Å². The lowest BCUT2D eigenvalue weighted by atomic mass is 9.94. The number of benzene rings is 4. The van der Waals surface area contributed by atoms with E-state index < -0.39 is 43.8 Å². The summed E-state index contributed by atoms with van der Waals surface area (Å²) in [6.45, 7) is 12.3. The molecule has 68 heavy (non-hydrogen) atoms. The molecule has 4 atom stereocenters. The lowest BCUT2D eigenvalue weighted by Crippen LogP contribution is -2.43. The minimum atomic E-state index is -2.52. The van der Waals surface area contributed by atoms with E-state index in [1.54, 1.807) is 12.1 Å². The molecule has 6 aromatic rings. The molecule has 0 bridgehead atoms. The normalized spacial score (nSPS) is 22.2. The van der Waals surface area contributed by atoms with Crippen molar-refractivity contribution in [3.8, 4) is 28.7 Å². The standard InChI is InChI=1S/C56H60F4N6OSi/c1-34(2)68(35(3)4,36(5)6)25-20-44-48-41(28-47(58)49(44)59)27-43(62-51(37-14-9-7-10-15-37)38-16-11-8-12-17-38)29-45(48)52-50(60)53-46(31-61-52)54(65-23-18-39-26-40(39)19-24-65)64-55(63-53)67-33-56-21-13-22-66(56)32-42(57)30-56/h7-12,14-17,27-29,31,34-36,39-40,42H,13,18-19,21-24,26,30,32-33H2,1-6H3/t39?,40?,42-,56+/m1/s1/i33D2. The van der Waals surface area contributed by atoms with E-state index in [1.807, 2.05) is 65.6 Å². The highest BCUT2D eigenvalue weighted by Crippen LogP contribution is 2.48. The summed E-state index contributed by atoms with van der Waals surface area (Å²) in [5, 5.41) is 0.717. The Morgan fingerprint density at radius 1 is 0.882 bits per heavy atom. The molecule has 4 fully saturated rings. The van der Waals surface area contributed by atoms with E-state index in [-0.39, 0.29) is 68.7 Å². The number of alkyl halides is 1. The van der Waals surface area contributed by atoms with Crippen molar-refractivity contribution >= 4 is 47.0 Å². The number of hydrogen-bond acceptors (Lipinski definition) is 7. The summed E-state index contributed by atoms with van der Waals surface area (Å²) < 4.78 is 91.2. The van der Waals surface area contributed by atoms with Gasteiger partial charge in [0.15, 0.2) is 17.5 Å². The molecule has 1 saturated carbocycles. The van der Waals surface area contributed by atoms with Crippen molar-refractivity contribution in [2.45, 2.75) is 108 Å². The van der Waals surface area contributed by atoms with Gasteiger partial charge in [0.2, 0.25) is 0 Å². The monoisotopic (exact) mass is 938 g/mol. The quantitative estimate of drug-likeness (QED) is 0.0558. The number of fused-ring (bicyclic) bond motifs is 4. The second-order valence-electron chi connectivity index (χ2n) is 20.4. The Balaban J connectivity index is 1.23. The molecule has 5 heterocycles. The van der Waals surface area contributed by atoms with Gasteiger partial charge in [-0.2, -0.15) is 9.97 Å². The first kappa shape index (κ1) is 43.6. The number of hydrogen-bond donors (Lipinski definition) is 0. The molecule has 12 heteroatoms. The molecule has 4 aromatic carbocycles. The van der Waals surface area contributed by atoms with E-state index >= 15 is 17.6 Å². The number of pyridine rings is 1. The van der Waals surface area contributed by atoms with Crippen molar-refractivity contribution < 1.29 is 25.0 Å². The number of anilines is 1. The maximum atomic E-state index is 18.3. The molecule has 4 aliphatic rings. The van der Waals surface area contributed by atoms with Crippen LogP contribution in [-0.2, 0) is 0 Å². The maximum absolute atomic E-state index is 18.3. The van der Waals surface area contributed by atoms with Crippen LogP contribution in [0.5, 0.6) is 6.01 Å². The molecule has 10 rings (SSSR count). The van der Waals surface area contributed by atoms with E-state index in [9.17, 15) is 2.74 Å². The van der Waals surface area contributed by atoms with Gasteiger partial charge in [-0.05, 0) is 90.7 Å². The summed E-state index contributed by atoms with van der Waals surface area (Å²) in [5.41, 5.74) is 4.99. The van der Waals surface area contributed by atoms with Gasteiger partial charge in [-0.1, -0.05) is 108 Å². The number of ether oxygens (including phenoxy) is 1. The molecule has 3 saturated heterocycles. The second kappa shape index (κ2) is 18.4. The van der Waals surface area contributed by atoms with Gasteiger partial charge in [0.05, 0.1) is 30.6 Å². The van der Waals surface area contributed by atoms with Crippen LogP contribution in [0.2, 0.25) is 16.6 Å². The highest BCUT2D eigenvalue weighted by molar-refractivity contribution is 6.90. The van der Waals surface area contributed by atoms with Gasteiger partial charge < -0.3 is 9.64 Å². The number of aliphatic imine (C=N–C) groups is 1. The Hall–Kier alpha value is -5.64. The van der Waals surface area contributed by atoms with Crippen LogP contribution in [0.1, 0.15) is 99.5 Å². The van der Waals surface area contributed by atoms with Crippen LogP contribution in [0.25, 0.3) is 32.9 Å². The number of halogens is 4. The van der Waals surface area contributed by atoms with Crippen LogP contribution >= 0.6 is 0 Å². The number of aromatic nitrogens is 3. The molecule has 0 amide bonds. The fraction of sp³-hybridized carbons (Fsp3) is 0.429. The predicted molar refractivity (Wildman–Crippen MR) is 268 cm³/mol. The number of nitrogens with zero attached hydrogens (tertiary/aromatic N) is 6. The molecule has 2 unspecified atom stereocenters. The lowest BCUT2D eigenvalue weighted by Gasteiger charge is -2.38. The Morgan fingerprint density at radius 3 is 2.19 bits per heavy atom. The van der Waals surface area contributed by atoms with E-state index in [1.165, 1.54) is 12.6 Å². The van der Waals surface area contributed by atoms with Crippen molar-refractivity contribution in [1.82, 2.24) is 19.9 Å². The van der Waals surface area contributed by atoms with Gasteiger partial charge in [0, 0.05) is 54.3 Å². The van der Waals surface area contributed by atoms with Crippen LogP contribution in [0, 0.1) is 40.8 Å². The summed E-state index contributed by atoms with van der Waals surface area (Å²) in [5.74, 6) is 1.65. The van der Waals surface area contributed by atoms with E-state index in [2.05, 4.69) is 62.9 Å². The lowest BCUT2D eigenvalue weighted by molar-refractivity contribution is 0.107. The molecular weight excluding hydrogens is 877 g/mol. The molecule has 352 valence electrons. The molecule has 7 nitrogen and oxygen atoms in total. The minimum Gasteiger partial charge on any atom is -0.461 e. The Kier molecular flexibility index (Phi) is 11.8. The van der Waals surface area contributed by atoms with Crippen LogP contribution in [0.15, 0.2) is 90.1 Å². The smallest absolute Gasteiger partial charge is 0.319 e. The fourth-order valence-electron chi connectivity index (χ4n) is 11.9. The molecule has 3 aliphatic heterocycles. The topological polar surface area (TPSA) is 66.7 Å². The van der Waals surface area contributed by atoms with Gasteiger partial charge in [-0.25, -0.2) is 22.6 Å². The zero-order valence-corrected chi connectivity index (χ0v) is 40.7. The second-order valence-corrected chi connectivity index (χ2v) is 26.0. The summed E-state index contributed by atoms with van der Waals surface area (Å²) in [7, 11) is -2.52. The first-order valence-electron chi connectivity index (χ1n) is 25.4. The Morgan fingerprint density at radius 2 is 1.54 bits per heavy atom. The summed E-state index contributed by atoms with van der Waals surface area (Å²) in [6, 6.07) is 23.3. The largest absolute Gasteiger partial charge is 0.461 e. The molecule has 2 aromatic heterocycles. The highest BCUT2D eigenvalue weighted by atomic mass is 28.3. The predicted octanol–water partition coefficient (Wildman–Crippen LogP) is 13.2. The number of rotatable bonds is 11. The highest BCUT2D eigenvalue weighted by Gasteiger charge is 2.49. The fourth-order valence-corrected chi connectivity index (χ4v) is 17.1. The van der Waals surface area contributed by atoms with E-state index in [0.717, 1.165) is 30.0 Å². The van der Waals surface area contributed by atoms with Gasteiger partial charge in [0.25, 0.3) is 0 Å². The molecule has 0 radical (unpaired) electrons. The van der Waals surface area contributed by atoms with Crippen molar-refractivity contribution in [3.63, 3.8) is 0 Å². The van der Waals surface area contributed by atoms with Gasteiger partial charge in [-0.3, -0.25) is 9.88 Å². The van der Waals surface area contributed by atoms with E-state index in [0.29, 0.717) is 66.9 Å². The van der Waals surface area contributed by atoms with Crippen LogP contribution in [0.4, 0.5) is 29.1 Å². The third-order valence-electron chi connectivity index (χ3n) is 15.5. The van der Waals surface area contributed by atoms with Crippen molar-refractivity contribution in [2.75, 3.05) is 37.6 Å². The zero-order chi connectivity index (χ0) is 49.3. The summed E-state index contributed by atoms with van der Waals surface area (Å²) >= 11 is 0. The average Bonchev–Trinajstić information content (AvgIpc) is 3.89. The molecule has 0 spiro atoms. The minimum absolute atomic E-state index is 0.0442. The molecule has 1 aliphatic carbocycles. The van der Waals surface area contributed by atoms with Gasteiger partial charge in [0.1, 0.15) is 37.8 Å². The van der Waals surface area contributed by atoms with Crippen molar-refractivity contribution in [3.05, 3.63) is 119 Å². The van der Waals surface area contributed by atoms with E-state index in [4.69, 9.17) is 19.7 Å². The maximum Gasteiger partial charge on any atom is 0.319 e. The third-order valence-corrected chi connectivity index (χ3v) is 21.8. The molecule has 0 N–H and O–H groups in total. The SMILES string of the molecule is [2H]C([2H])(Oc1nc(N2CCC3CC3CC2)c2cnc(-c3cc(N=C(c4ccccc4)c4ccccc4)cc4cc(F)c(F)c(C#C[Si](C(C)C)(C(C)C)C(C)C)c34)c(F)c2n1)[C@@]12CCCN1C[C@H](F)C2. The zero-order valence-electron chi connectivity index (χ0n) is 41.7. The van der Waals surface area contributed by atoms with Crippen LogP contribution in [0.3, 0.4) is 0 Å². The third kappa shape index (κ3) is 8.37. The summed E-state index contributed by atoms with van der Waals surface area (Å²) in [4.78, 5) is 23.4. The van der Waals surface area contributed by atoms with Crippen molar-refractivity contribution in [2.24, 2.45) is 16.8 Å². The molecular formula is C56H60F4N6OSi. The van der Waals surface area contributed by atoms with Crippen LogP contribution in [-0.4, -0.2) is 78.1 Å². The van der Waals surface area contributed by atoms with Crippen LogP contribution < -0.4 is 9.64 Å². The Bertz CT molecular complexity index is 3000. The Labute approximate surface area is 401 Å². The van der Waals surface area contributed by atoms with Gasteiger partial charge in [-0.15, -0.1) is 5.54 Å². The first-order valence-corrected chi connectivity index (χ1v) is 26.6. The first-order chi connectivity index (χ1) is 33.5. The summed E-state index contributed by atoms with van der Waals surface area (Å²) in [6.07, 6.45) is 4.34. The van der Waals surface area contributed by atoms with Crippen molar-refractivity contribution in [1.29, 1.82) is 0 Å². The average molecular weight is 939 g/mol.